The first-order valence-electron chi connectivity index (χ1n) is 7.97. The monoisotopic (exact) mass is 365 g/mol. The van der Waals surface area contributed by atoms with E-state index in [2.05, 4.69) is 22.7 Å². The molecule has 1 aromatic heterocycles. The molecular formula is C17H20FN3O3S. The fourth-order valence-corrected chi connectivity index (χ4v) is 2.24. The molecule has 0 atom stereocenters. The summed E-state index contributed by atoms with van der Waals surface area (Å²) in [6, 6.07) is 5.89. The van der Waals surface area contributed by atoms with Crippen molar-refractivity contribution in [1.29, 1.82) is 0 Å². The minimum atomic E-state index is -0.509. The molecule has 0 saturated heterocycles. The van der Waals surface area contributed by atoms with Crippen LogP contribution >= 0.6 is 12.2 Å². The number of amides is 1. The largest absolute Gasteiger partial charge is 0.491 e. The second-order valence-electron chi connectivity index (χ2n) is 5.43. The van der Waals surface area contributed by atoms with Crippen LogP contribution in [-0.4, -0.2) is 22.8 Å². The van der Waals surface area contributed by atoms with Crippen LogP contribution in [0.1, 0.15) is 42.4 Å². The van der Waals surface area contributed by atoms with Gasteiger partial charge in [-0.1, -0.05) is 24.9 Å². The van der Waals surface area contributed by atoms with Crippen molar-refractivity contribution in [2.45, 2.75) is 33.1 Å². The van der Waals surface area contributed by atoms with Crippen molar-refractivity contribution in [1.82, 2.24) is 10.5 Å². The maximum atomic E-state index is 14.0. The number of halogens is 1. The highest BCUT2D eigenvalue weighted by molar-refractivity contribution is 7.80. The Hall–Kier alpha value is -2.48. The van der Waals surface area contributed by atoms with Crippen molar-refractivity contribution in [3.63, 3.8) is 0 Å². The number of hydrogen-bond acceptors (Lipinski definition) is 5. The first kappa shape index (κ1) is 18.9. The van der Waals surface area contributed by atoms with Crippen LogP contribution in [0, 0.1) is 12.7 Å². The van der Waals surface area contributed by atoms with Gasteiger partial charge in [0.15, 0.2) is 22.4 Å². The molecule has 1 heterocycles. The number of rotatable bonds is 7. The lowest BCUT2D eigenvalue weighted by Crippen LogP contribution is -2.34. The molecule has 8 heteroatoms. The molecule has 25 heavy (non-hydrogen) atoms. The molecule has 1 amide bonds. The maximum absolute atomic E-state index is 14.0. The van der Waals surface area contributed by atoms with Crippen LogP contribution in [0.3, 0.4) is 0 Å². The van der Waals surface area contributed by atoms with Gasteiger partial charge in [0.05, 0.1) is 6.61 Å². The summed E-state index contributed by atoms with van der Waals surface area (Å²) in [6.07, 6.45) is 3.00. The van der Waals surface area contributed by atoms with Gasteiger partial charge >= 0.3 is 0 Å². The lowest BCUT2D eigenvalue weighted by Gasteiger charge is -2.11. The number of benzene rings is 1. The molecule has 2 N–H and O–H groups in total. The number of anilines is 1. The van der Waals surface area contributed by atoms with E-state index in [0.717, 1.165) is 19.3 Å². The van der Waals surface area contributed by atoms with Crippen molar-refractivity contribution >= 4 is 28.9 Å². The van der Waals surface area contributed by atoms with Gasteiger partial charge in [-0.15, -0.1) is 0 Å². The number of aryl methyl sites for hydroxylation is 1. The van der Waals surface area contributed by atoms with Gasteiger partial charge in [0.1, 0.15) is 5.76 Å². The van der Waals surface area contributed by atoms with E-state index in [-0.39, 0.29) is 16.6 Å². The highest BCUT2D eigenvalue weighted by atomic mass is 32.1. The molecule has 134 valence electrons. The van der Waals surface area contributed by atoms with E-state index in [9.17, 15) is 9.18 Å². The zero-order chi connectivity index (χ0) is 18.2. The Balaban J connectivity index is 1.88. The average Bonchev–Trinajstić information content (AvgIpc) is 3.00. The second kappa shape index (κ2) is 9.12. The topological polar surface area (TPSA) is 76.4 Å². The normalized spacial score (nSPS) is 10.4. The minimum Gasteiger partial charge on any atom is -0.491 e. The summed E-state index contributed by atoms with van der Waals surface area (Å²) in [7, 11) is 0. The third kappa shape index (κ3) is 5.82. The van der Waals surface area contributed by atoms with E-state index in [1.807, 2.05) is 0 Å². The first-order valence-corrected chi connectivity index (χ1v) is 8.38. The molecule has 0 fully saturated rings. The van der Waals surface area contributed by atoms with Crippen LogP contribution in [0.4, 0.5) is 10.1 Å². The van der Waals surface area contributed by atoms with Crippen LogP contribution in [-0.2, 0) is 0 Å². The van der Waals surface area contributed by atoms with Gasteiger partial charge in [-0.3, -0.25) is 10.1 Å². The fourth-order valence-electron chi connectivity index (χ4n) is 2.03. The van der Waals surface area contributed by atoms with Gasteiger partial charge in [0.25, 0.3) is 5.91 Å². The Morgan fingerprint density at radius 3 is 2.80 bits per heavy atom. The van der Waals surface area contributed by atoms with Crippen molar-refractivity contribution in [2.75, 3.05) is 11.9 Å². The average molecular weight is 365 g/mol. The van der Waals surface area contributed by atoms with Gasteiger partial charge < -0.3 is 14.6 Å². The van der Waals surface area contributed by atoms with Gasteiger partial charge in [-0.05, 0) is 37.7 Å². The molecule has 0 aliphatic carbocycles. The van der Waals surface area contributed by atoms with Gasteiger partial charge in [0, 0.05) is 17.8 Å². The molecule has 0 radical (unpaired) electrons. The second-order valence-corrected chi connectivity index (χ2v) is 5.84. The smallest absolute Gasteiger partial charge is 0.279 e. The SMILES string of the molecule is CCCCCOc1ccc(NC(=S)NC(=O)c2cc(C)on2)cc1F. The molecule has 0 spiro atoms. The predicted octanol–water partition coefficient (Wildman–Crippen LogP) is 3.82. The Morgan fingerprint density at radius 1 is 1.36 bits per heavy atom. The Morgan fingerprint density at radius 2 is 2.16 bits per heavy atom. The quantitative estimate of drug-likeness (QED) is 0.574. The van der Waals surface area contributed by atoms with Crippen molar-refractivity contribution in [3.8, 4) is 5.75 Å². The standard InChI is InChI=1S/C17H20FN3O3S/c1-3-4-5-8-23-15-7-6-12(10-13(15)18)19-17(25)20-16(22)14-9-11(2)24-21-14/h6-7,9-10H,3-5,8H2,1-2H3,(H2,19,20,22,25). The van der Waals surface area contributed by atoms with Gasteiger partial charge in [0.2, 0.25) is 0 Å². The molecule has 0 aliphatic heterocycles. The zero-order valence-corrected chi connectivity index (χ0v) is 14.9. The highest BCUT2D eigenvalue weighted by Crippen LogP contribution is 2.21. The van der Waals surface area contributed by atoms with E-state index in [1.54, 1.807) is 13.0 Å². The predicted molar refractivity (Wildman–Crippen MR) is 96.3 cm³/mol. The number of nitrogens with one attached hydrogen (secondary N) is 2. The summed E-state index contributed by atoms with van der Waals surface area (Å²) in [5, 5.41) is 8.81. The van der Waals surface area contributed by atoms with Crippen molar-refractivity contribution < 1.29 is 18.4 Å². The highest BCUT2D eigenvalue weighted by Gasteiger charge is 2.13. The summed E-state index contributed by atoms with van der Waals surface area (Å²) in [5.74, 6) is -0.302. The van der Waals surface area contributed by atoms with E-state index < -0.39 is 11.7 Å². The minimum absolute atomic E-state index is 0.0293. The molecule has 1 aromatic carbocycles. The van der Waals surface area contributed by atoms with Crippen LogP contribution in [0.25, 0.3) is 0 Å². The number of aromatic nitrogens is 1. The summed E-state index contributed by atoms with van der Waals surface area (Å²) >= 11 is 5.04. The number of thiocarbonyl (C=S) groups is 1. The maximum Gasteiger partial charge on any atom is 0.279 e. The molecule has 0 saturated carbocycles. The molecule has 2 aromatic rings. The summed E-state index contributed by atoms with van der Waals surface area (Å²) in [5.41, 5.74) is 0.517. The lowest BCUT2D eigenvalue weighted by molar-refractivity contribution is 0.0969. The van der Waals surface area contributed by atoms with E-state index >= 15 is 0 Å². The van der Waals surface area contributed by atoms with E-state index in [4.69, 9.17) is 21.5 Å². The zero-order valence-electron chi connectivity index (χ0n) is 14.1. The third-order valence-electron chi connectivity index (χ3n) is 3.28. The number of unbranched alkanes of at least 4 members (excludes halogenated alkanes) is 2. The molecule has 0 aliphatic rings. The first-order chi connectivity index (χ1) is 12.0. The third-order valence-corrected chi connectivity index (χ3v) is 3.49. The molecular weight excluding hydrogens is 345 g/mol. The summed E-state index contributed by atoms with van der Waals surface area (Å²) in [6.45, 7) is 4.24. The lowest BCUT2D eigenvalue weighted by atomic mass is 10.2. The molecule has 6 nitrogen and oxygen atoms in total. The Bertz CT molecular complexity index is 748. The number of hydrogen-bond donors (Lipinski definition) is 2. The van der Waals surface area contributed by atoms with Crippen molar-refractivity contribution in [2.24, 2.45) is 0 Å². The van der Waals surface area contributed by atoms with Crippen LogP contribution in [0.5, 0.6) is 5.75 Å². The molecule has 0 unspecified atom stereocenters. The fraction of sp³-hybridized carbons (Fsp3) is 0.353. The summed E-state index contributed by atoms with van der Waals surface area (Å²) in [4.78, 5) is 11.9. The van der Waals surface area contributed by atoms with E-state index in [1.165, 1.54) is 18.2 Å². The van der Waals surface area contributed by atoms with E-state index in [0.29, 0.717) is 18.1 Å². The van der Waals surface area contributed by atoms with Gasteiger partial charge in [-0.2, -0.15) is 0 Å². The Labute approximate surface area is 150 Å². The molecule has 2 rings (SSSR count). The number of carbonyl (C=O) groups is 1. The van der Waals surface area contributed by atoms with Crippen LogP contribution in [0.15, 0.2) is 28.8 Å². The van der Waals surface area contributed by atoms with Crippen LogP contribution in [0.2, 0.25) is 0 Å². The van der Waals surface area contributed by atoms with Gasteiger partial charge in [-0.25, -0.2) is 4.39 Å². The Kier molecular flexibility index (Phi) is 6.88. The number of ether oxygens (including phenoxy) is 1. The van der Waals surface area contributed by atoms with Crippen molar-refractivity contribution in [3.05, 3.63) is 41.5 Å². The molecule has 0 bridgehead atoms. The van der Waals surface area contributed by atoms with Crippen LogP contribution < -0.4 is 15.4 Å². The number of carbonyl (C=O) groups excluding carboxylic acids is 1. The number of nitrogens with zero attached hydrogens (tertiary/aromatic N) is 1. The summed E-state index contributed by atoms with van der Waals surface area (Å²) < 4.78 is 24.2.